The molecule has 0 aliphatic rings. The zero-order chi connectivity index (χ0) is 16.1. The fourth-order valence-electron chi connectivity index (χ4n) is 2.39. The lowest BCUT2D eigenvalue weighted by molar-refractivity contribution is 0.140. The molecule has 0 bridgehead atoms. The van der Waals surface area contributed by atoms with Crippen LogP contribution in [-0.2, 0) is 0 Å². The summed E-state index contributed by atoms with van der Waals surface area (Å²) in [6.07, 6.45) is 0.842. The van der Waals surface area contributed by atoms with Gasteiger partial charge in [-0.05, 0) is 36.9 Å². The first-order valence-electron chi connectivity index (χ1n) is 6.85. The highest BCUT2D eigenvalue weighted by Crippen LogP contribution is 2.36. The third-order valence-electron chi connectivity index (χ3n) is 3.49. The van der Waals surface area contributed by atoms with Gasteiger partial charge in [-0.1, -0.05) is 29.3 Å². The number of aliphatic hydroxyl groups is 1. The molecule has 1 aromatic heterocycles. The van der Waals surface area contributed by atoms with Crippen LogP contribution in [0.4, 0.5) is 0 Å². The summed E-state index contributed by atoms with van der Waals surface area (Å²) < 4.78 is 5.23. The lowest BCUT2D eigenvalue weighted by Gasteiger charge is -2.24. The molecular weight excluding hydrogens is 323 g/mol. The van der Waals surface area contributed by atoms with Crippen molar-refractivity contribution in [2.24, 2.45) is 0 Å². The molecule has 0 saturated heterocycles. The van der Waals surface area contributed by atoms with E-state index in [1.807, 2.05) is 13.1 Å². The number of rotatable bonds is 6. The molecule has 0 amide bonds. The van der Waals surface area contributed by atoms with E-state index in [9.17, 15) is 5.11 Å². The number of methoxy groups -OCH3 is 1. The zero-order valence-corrected chi connectivity index (χ0v) is 13.9. The van der Waals surface area contributed by atoms with Gasteiger partial charge in [-0.25, -0.2) is 4.98 Å². The lowest BCUT2D eigenvalue weighted by Crippen LogP contribution is -2.23. The van der Waals surface area contributed by atoms with E-state index in [-0.39, 0.29) is 5.92 Å². The zero-order valence-electron chi connectivity index (χ0n) is 12.4. The number of nitrogens with zero attached hydrogens (tertiary/aromatic N) is 1. The van der Waals surface area contributed by atoms with E-state index >= 15 is 0 Å². The number of benzene rings is 1. The third-order valence-corrected chi connectivity index (χ3v) is 4.23. The van der Waals surface area contributed by atoms with Crippen molar-refractivity contribution in [1.29, 1.82) is 0 Å². The fraction of sp³-hybridized carbons (Fsp3) is 0.312. The van der Waals surface area contributed by atoms with E-state index in [1.165, 1.54) is 7.11 Å². The van der Waals surface area contributed by atoms with E-state index in [0.717, 1.165) is 5.56 Å². The standard InChI is InChI=1S/C16H18Cl2N2O2/c1-19-9-12(10-5-6-13(17)14(18)8-10)15(21)11-4-3-7-20-16(11)22-2/h3-8,12,15,19,21H,9H2,1-2H3/t12-,15+/m1/s1. The van der Waals surface area contributed by atoms with Gasteiger partial charge < -0.3 is 15.2 Å². The number of nitrogens with one attached hydrogen (secondary N) is 1. The SMILES string of the molecule is CNC[C@H](c1ccc(Cl)c(Cl)c1)[C@@H](O)c1cccnc1OC. The van der Waals surface area contributed by atoms with Crippen molar-refractivity contribution >= 4 is 23.2 Å². The van der Waals surface area contributed by atoms with Gasteiger partial charge in [0.05, 0.1) is 23.3 Å². The molecule has 0 unspecified atom stereocenters. The van der Waals surface area contributed by atoms with E-state index in [4.69, 9.17) is 27.9 Å². The van der Waals surface area contributed by atoms with Crippen molar-refractivity contribution in [1.82, 2.24) is 10.3 Å². The molecule has 118 valence electrons. The van der Waals surface area contributed by atoms with Crippen molar-refractivity contribution < 1.29 is 9.84 Å². The summed E-state index contributed by atoms with van der Waals surface area (Å²) in [5.74, 6) is 0.203. The molecule has 0 radical (unpaired) electrons. The van der Waals surface area contributed by atoms with Crippen molar-refractivity contribution in [3.63, 3.8) is 0 Å². The Labute approximate surface area is 140 Å². The molecule has 4 nitrogen and oxygen atoms in total. The second-order valence-electron chi connectivity index (χ2n) is 4.88. The van der Waals surface area contributed by atoms with Crippen molar-refractivity contribution in [2.75, 3.05) is 20.7 Å². The largest absolute Gasteiger partial charge is 0.481 e. The minimum absolute atomic E-state index is 0.210. The Morgan fingerprint density at radius 1 is 1.27 bits per heavy atom. The molecule has 2 rings (SSSR count). The molecule has 1 heterocycles. The van der Waals surface area contributed by atoms with Crippen LogP contribution in [0.5, 0.6) is 5.88 Å². The van der Waals surface area contributed by atoms with Gasteiger partial charge >= 0.3 is 0 Å². The number of hydrogen-bond acceptors (Lipinski definition) is 4. The Kier molecular flexibility index (Phi) is 6.03. The Morgan fingerprint density at radius 3 is 2.68 bits per heavy atom. The van der Waals surface area contributed by atoms with E-state index in [1.54, 1.807) is 30.5 Å². The van der Waals surface area contributed by atoms with Crippen LogP contribution in [0, 0.1) is 0 Å². The topological polar surface area (TPSA) is 54.4 Å². The van der Waals surface area contributed by atoms with Gasteiger partial charge in [0.15, 0.2) is 0 Å². The Bertz CT molecular complexity index is 637. The van der Waals surface area contributed by atoms with Gasteiger partial charge in [0.1, 0.15) is 0 Å². The van der Waals surface area contributed by atoms with Crippen molar-refractivity contribution in [3.05, 3.63) is 57.7 Å². The predicted molar refractivity (Wildman–Crippen MR) is 88.9 cm³/mol. The summed E-state index contributed by atoms with van der Waals surface area (Å²) in [7, 11) is 3.36. The van der Waals surface area contributed by atoms with Crippen LogP contribution >= 0.6 is 23.2 Å². The van der Waals surface area contributed by atoms with Crippen LogP contribution in [0.15, 0.2) is 36.5 Å². The number of likely N-dealkylation sites (N-methyl/N-ethyl adjacent to an activating group) is 1. The molecule has 0 fully saturated rings. The normalized spacial score (nSPS) is 13.7. The number of aliphatic hydroxyl groups excluding tert-OH is 1. The Balaban J connectivity index is 2.40. The number of hydrogen-bond donors (Lipinski definition) is 2. The molecule has 22 heavy (non-hydrogen) atoms. The van der Waals surface area contributed by atoms with Crippen LogP contribution < -0.4 is 10.1 Å². The Morgan fingerprint density at radius 2 is 2.05 bits per heavy atom. The van der Waals surface area contributed by atoms with Gasteiger partial charge in [0.25, 0.3) is 0 Å². The number of aromatic nitrogens is 1. The molecule has 0 aliphatic carbocycles. The highest BCUT2D eigenvalue weighted by Gasteiger charge is 2.25. The maximum Gasteiger partial charge on any atom is 0.218 e. The minimum atomic E-state index is -0.784. The average Bonchev–Trinajstić information content (AvgIpc) is 2.54. The van der Waals surface area contributed by atoms with Crippen LogP contribution in [0.1, 0.15) is 23.1 Å². The van der Waals surface area contributed by atoms with Gasteiger partial charge in [0.2, 0.25) is 5.88 Å². The molecule has 2 atom stereocenters. The van der Waals surface area contributed by atoms with Gasteiger partial charge in [-0.3, -0.25) is 0 Å². The lowest BCUT2D eigenvalue weighted by atomic mass is 9.89. The molecular formula is C16H18Cl2N2O2. The van der Waals surface area contributed by atoms with E-state index < -0.39 is 6.10 Å². The third kappa shape index (κ3) is 3.70. The summed E-state index contributed by atoms with van der Waals surface area (Å²) in [6, 6.07) is 8.94. The number of halogens is 2. The molecule has 1 aromatic carbocycles. The average molecular weight is 341 g/mol. The van der Waals surface area contributed by atoms with Crippen LogP contribution in [0.2, 0.25) is 10.0 Å². The summed E-state index contributed by atoms with van der Waals surface area (Å²) in [5, 5.41) is 14.8. The predicted octanol–water partition coefficient (Wildman–Crippen LogP) is 3.43. The summed E-state index contributed by atoms with van der Waals surface area (Å²) in [4.78, 5) is 4.14. The monoisotopic (exact) mass is 340 g/mol. The van der Waals surface area contributed by atoms with Crippen LogP contribution in [0.3, 0.4) is 0 Å². The van der Waals surface area contributed by atoms with Gasteiger partial charge in [-0.15, -0.1) is 0 Å². The van der Waals surface area contributed by atoms with Crippen molar-refractivity contribution in [2.45, 2.75) is 12.0 Å². The van der Waals surface area contributed by atoms with E-state index in [0.29, 0.717) is 28.0 Å². The minimum Gasteiger partial charge on any atom is -0.481 e. The Hall–Kier alpha value is -1.33. The van der Waals surface area contributed by atoms with Gasteiger partial charge in [0, 0.05) is 24.2 Å². The summed E-state index contributed by atoms with van der Waals surface area (Å²) in [5.41, 5.74) is 1.53. The maximum atomic E-state index is 10.8. The summed E-state index contributed by atoms with van der Waals surface area (Å²) >= 11 is 12.1. The van der Waals surface area contributed by atoms with Crippen LogP contribution in [-0.4, -0.2) is 30.8 Å². The molecule has 2 N–H and O–H groups in total. The van der Waals surface area contributed by atoms with Crippen molar-refractivity contribution in [3.8, 4) is 5.88 Å². The van der Waals surface area contributed by atoms with Crippen LogP contribution in [0.25, 0.3) is 0 Å². The quantitative estimate of drug-likeness (QED) is 0.845. The maximum absolute atomic E-state index is 10.8. The highest BCUT2D eigenvalue weighted by atomic mass is 35.5. The molecule has 0 aliphatic heterocycles. The number of ether oxygens (including phenoxy) is 1. The smallest absolute Gasteiger partial charge is 0.218 e. The molecule has 0 saturated carbocycles. The van der Waals surface area contributed by atoms with Gasteiger partial charge in [-0.2, -0.15) is 0 Å². The highest BCUT2D eigenvalue weighted by molar-refractivity contribution is 6.42. The first-order valence-corrected chi connectivity index (χ1v) is 7.60. The second-order valence-corrected chi connectivity index (χ2v) is 5.70. The molecule has 0 spiro atoms. The second kappa shape index (κ2) is 7.79. The first-order chi connectivity index (χ1) is 10.6. The molecule has 2 aromatic rings. The summed E-state index contributed by atoms with van der Waals surface area (Å²) in [6.45, 7) is 0.567. The first kappa shape index (κ1) is 17.0. The molecule has 6 heteroatoms. The number of pyridine rings is 1. The van der Waals surface area contributed by atoms with E-state index in [2.05, 4.69) is 10.3 Å². The fourth-order valence-corrected chi connectivity index (χ4v) is 2.70.